The fourth-order valence-electron chi connectivity index (χ4n) is 3.61. The summed E-state index contributed by atoms with van der Waals surface area (Å²) in [5, 5.41) is 11.8. The van der Waals surface area contributed by atoms with Gasteiger partial charge in [-0.05, 0) is 56.8 Å². The normalized spacial score (nSPS) is 18.7. The van der Waals surface area contributed by atoms with Gasteiger partial charge in [0.05, 0.1) is 12.2 Å². The molecule has 1 N–H and O–H groups in total. The molecule has 1 aliphatic carbocycles. The highest BCUT2D eigenvalue weighted by molar-refractivity contribution is 6.04. The first kappa shape index (κ1) is 16.3. The number of carbonyl (C=O) groups is 1. The van der Waals surface area contributed by atoms with E-state index in [-0.39, 0.29) is 5.91 Å². The molecule has 0 atom stereocenters. The van der Waals surface area contributed by atoms with Crippen LogP contribution >= 0.6 is 0 Å². The summed E-state index contributed by atoms with van der Waals surface area (Å²) < 4.78 is 1.88. The fourth-order valence-corrected chi connectivity index (χ4v) is 3.61. The summed E-state index contributed by atoms with van der Waals surface area (Å²) in [7, 11) is 0. The maximum atomic E-state index is 13.1. The van der Waals surface area contributed by atoms with Crippen molar-refractivity contribution < 1.29 is 4.79 Å². The van der Waals surface area contributed by atoms with E-state index in [9.17, 15) is 4.79 Å². The van der Waals surface area contributed by atoms with Crippen LogP contribution in [0.2, 0.25) is 0 Å². The zero-order chi connectivity index (χ0) is 17.1. The molecule has 2 fully saturated rings. The molecule has 6 heteroatoms. The zero-order valence-corrected chi connectivity index (χ0v) is 14.5. The van der Waals surface area contributed by atoms with Gasteiger partial charge in [-0.2, -0.15) is 0 Å². The number of rotatable bonds is 5. The lowest BCUT2D eigenvalue weighted by molar-refractivity contribution is 0.0972. The summed E-state index contributed by atoms with van der Waals surface area (Å²) in [5.41, 5.74) is 1.39. The molecule has 1 saturated heterocycles. The van der Waals surface area contributed by atoms with Gasteiger partial charge in [0.15, 0.2) is 5.69 Å². The zero-order valence-electron chi connectivity index (χ0n) is 14.5. The minimum atomic E-state index is -0.0433. The summed E-state index contributed by atoms with van der Waals surface area (Å²) in [6, 6.07) is 10.3. The molecule has 2 heterocycles. The highest BCUT2D eigenvalue weighted by Gasteiger charge is 2.27. The number of nitrogens with zero attached hydrogens (tertiary/aromatic N) is 4. The van der Waals surface area contributed by atoms with Crippen molar-refractivity contribution in [3.8, 4) is 0 Å². The molecule has 25 heavy (non-hydrogen) atoms. The van der Waals surface area contributed by atoms with Gasteiger partial charge in [0.2, 0.25) is 0 Å². The summed E-state index contributed by atoms with van der Waals surface area (Å²) in [4.78, 5) is 15.0. The van der Waals surface area contributed by atoms with E-state index in [1.165, 1.54) is 19.3 Å². The van der Waals surface area contributed by atoms with Crippen molar-refractivity contribution in [1.29, 1.82) is 0 Å². The van der Waals surface area contributed by atoms with Gasteiger partial charge in [-0.15, -0.1) is 5.10 Å². The van der Waals surface area contributed by atoms with Crippen LogP contribution in [0, 0.1) is 5.92 Å². The number of benzene rings is 1. The first-order valence-electron chi connectivity index (χ1n) is 9.31. The number of hydrogen-bond donors (Lipinski definition) is 1. The second kappa shape index (κ2) is 7.35. The van der Waals surface area contributed by atoms with Crippen molar-refractivity contribution >= 4 is 11.6 Å². The molecule has 1 aromatic heterocycles. The summed E-state index contributed by atoms with van der Waals surface area (Å²) in [5.74, 6) is 0.557. The Morgan fingerprint density at radius 3 is 2.60 bits per heavy atom. The first-order chi connectivity index (χ1) is 12.3. The molecule has 6 nitrogen and oxygen atoms in total. The van der Waals surface area contributed by atoms with E-state index >= 15 is 0 Å². The maximum Gasteiger partial charge on any atom is 0.280 e. The predicted octanol–water partition coefficient (Wildman–Crippen LogP) is 2.65. The molecule has 0 bridgehead atoms. The molecule has 1 amide bonds. The highest BCUT2D eigenvalue weighted by atomic mass is 16.2. The summed E-state index contributed by atoms with van der Waals surface area (Å²) in [6.45, 7) is 2.75. The van der Waals surface area contributed by atoms with E-state index in [0.29, 0.717) is 17.7 Å². The number of nitrogens with one attached hydrogen (secondary N) is 1. The number of carbonyl (C=O) groups excluding carboxylic acids is 1. The van der Waals surface area contributed by atoms with Gasteiger partial charge in [-0.3, -0.25) is 4.79 Å². The van der Waals surface area contributed by atoms with E-state index < -0.39 is 0 Å². The van der Waals surface area contributed by atoms with Crippen LogP contribution in [0.4, 0.5) is 5.69 Å². The van der Waals surface area contributed by atoms with Gasteiger partial charge < -0.3 is 10.2 Å². The van der Waals surface area contributed by atoms with E-state index in [2.05, 4.69) is 15.6 Å². The SMILES string of the molecule is O=C(c1cn(C2CCNCC2)nn1)N(CC1CCC1)c1ccccc1. The number of anilines is 1. The van der Waals surface area contributed by atoms with Crippen LogP contribution in [0.25, 0.3) is 0 Å². The third-order valence-corrected chi connectivity index (χ3v) is 5.39. The van der Waals surface area contributed by atoms with Gasteiger partial charge in [0.25, 0.3) is 5.91 Å². The minimum Gasteiger partial charge on any atom is -0.317 e. The average Bonchev–Trinajstić information content (AvgIpc) is 3.12. The molecule has 4 rings (SSSR count). The van der Waals surface area contributed by atoms with Crippen LogP contribution in [0.3, 0.4) is 0 Å². The van der Waals surface area contributed by atoms with Gasteiger partial charge in [0.1, 0.15) is 0 Å². The average molecular weight is 339 g/mol. The Kier molecular flexibility index (Phi) is 4.78. The largest absolute Gasteiger partial charge is 0.317 e. The van der Waals surface area contributed by atoms with E-state index in [1.807, 2.05) is 46.1 Å². The molecule has 2 aromatic rings. The maximum absolute atomic E-state index is 13.1. The quantitative estimate of drug-likeness (QED) is 0.910. The Bertz CT molecular complexity index is 704. The van der Waals surface area contributed by atoms with Crippen molar-refractivity contribution in [3.63, 3.8) is 0 Å². The third kappa shape index (κ3) is 3.58. The van der Waals surface area contributed by atoms with Crippen molar-refractivity contribution in [3.05, 3.63) is 42.2 Å². The van der Waals surface area contributed by atoms with Gasteiger partial charge in [-0.25, -0.2) is 4.68 Å². The summed E-state index contributed by atoms with van der Waals surface area (Å²) >= 11 is 0. The third-order valence-electron chi connectivity index (χ3n) is 5.39. The predicted molar refractivity (Wildman–Crippen MR) is 96.6 cm³/mol. The minimum absolute atomic E-state index is 0.0433. The number of aromatic nitrogens is 3. The molecule has 0 unspecified atom stereocenters. The van der Waals surface area contributed by atoms with Crippen LogP contribution in [0.5, 0.6) is 0 Å². The fraction of sp³-hybridized carbons (Fsp3) is 0.526. The van der Waals surface area contributed by atoms with Crippen LogP contribution in [-0.4, -0.2) is 40.5 Å². The standard InChI is InChI=1S/C19H25N5O/c25-19(18-14-24(22-21-18)17-9-11-20-12-10-17)23(13-15-5-4-6-15)16-7-2-1-3-8-16/h1-3,7-8,14-15,17,20H,4-6,9-13H2. The molecular formula is C19H25N5O. The van der Waals surface area contributed by atoms with Crippen molar-refractivity contribution in [2.24, 2.45) is 5.92 Å². The van der Waals surface area contributed by atoms with Crippen LogP contribution < -0.4 is 10.2 Å². The highest BCUT2D eigenvalue weighted by Crippen LogP contribution is 2.29. The van der Waals surface area contributed by atoms with Crippen molar-refractivity contribution in [2.75, 3.05) is 24.5 Å². The molecule has 0 radical (unpaired) electrons. The Labute approximate surface area is 148 Å². The van der Waals surface area contributed by atoms with Crippen molar-refractivity contribution in [2.45, 2.75) is 38.1 Å². The molecule has 132 valence electrons. The smallest absolute Gasteiger partial charge is 0.280 e. The van der Waals surface area contributed by atoms with Crippen LogP contribution in [-0.2, 0) is 0 Å². The number of hydrogen-bond acceptors (Lipinski definition) is 4. The Hall–Kier alpha value is -2.21. The lowest BCUT2D eigenvalue weighted by Gasteiger charge is -2.32. The number of para-hydroxylation sites is 1. The lowest BCUT2D eigenvalue weighted by atomic mass is 9.85. The first-order valence-corrected chi connectivity index (χ1v) is 9.31. The van der Waals surface area contributed by atoms with Gasteiger partial charge in [0, 0.05) is 12.2 Å². The summed E-state index contributed by atoms with van der Waals surface area (Å²) in [6.07, 6.45) is 7.57. The molecule has 1 saturated carbocycles. The molecular weight excluding hydrogens is 314 g/mol. The Balaban J connectivity index is 1.54. The van der Waals surface area contributed by atoms with Gasteiger partial charge >= 0.3 is 0 Å². The van der Waals surface area contributed by atoms with E-state index in [1.54, 1.807) is 0 Å². The molecule has 2 aliphatic rings. The topological polar surface area (TPSA) is 63.1 Å². The van der Waals surface area contributed by atoms with E-state index in [4.69, 9.17) is 0 Å². The second-order valence-electron chi connectivity index (χ2n) is 7.11. The number of piperidine rings is 1. The Morgan fingerprint density at radius 1 is 1.16 bits per heavy atom. The lowest BCUT2D eigenvalue weighted by Crippen LogP contribution is -2.37. The number of amides is 1. The van der Waals surface area contributed by atoms with Gasteiger partial charge in [-0.1, -0.05) is 29.8 Å². The Morgan fingerprint density at radius 2 is 1.92 bits per heavy atom. The van der Waals surface area contributed by atoms with Crippen molar-refractivity contribution in [1.82, 2.24) is 20.3 Å². The second-order valence-corrected chi connectivity index (χ2v) is 7.11. The van der Waals surface area contributed by atoms with Crippen LogP contribution in [0.1, 0.15) is 48.6 Å². The van der Waals surface area contributed by atoms with Crippen LogP contribution in [0.15, 0.2) is 36.5 Å². The molecule has 1 aromatic carbocycles. The van der Waals surface area contributed by atoms with E-state index in [0.717, 1.165) is 38.2 Å². The monoisotopic (exact) mass is 339 g/mol. The molecule has 1 aliphatic heterocycles. The molecule has 0 spiro atoms.